The van der Waals surface area contributed by atoms with E-state index in [2.05, 4.69) is 15.5 Å². The van der Waals surface area contributed by atoms with Crippen molar-refractivity contribution >= 4 is 73.0 Å². The smallest absolute Gasteiger partial charge is 0.250 e. The molecule has 1 N–H and O–H groups in total. The van der Waals surface area contributed by atoms with Crippen LogP contribution in [0.15, 0.2) is 22.5 Å². The Labute approximate surface area is 176 Å². The number of nitrogens with one attached hydrogen (secondary N) is 1. The Balaban J connectivity index is 2.33. The Morgan fingerprint density at radius 1 is 1.30 bits per heavy atom. The van der Waals surface area contributed by atoms with Gasteiger partial charge in [-0.05, 0) is 30.4 Å². The molecule has 27 heavy (non-hydrogen) atoms. The molecule has 0 unspecified atom stereocenters. The SMILES string of the molecule is CCSc1nnc(NC(=O)[C@H](CC)N(c2ccc(Cl)c(Cl)c2)S(C)(=O)=O)s1. The number of benzene rings is 1. The Hall–Kier alpha value is -1.07. The van der Waals surface area contributed by atoms with Crippen LogP contribution in [-0.2, 0) is 14.8 Å². The second kappa shape index (κ2) is 9.42. The molecule has 0 bridgehead atoms. The molecule has 2 aromatic rings. The number of sulfonamides is 1. The lowest BCUT2D eigenvalue weighted by Crippen LogP contribution is -2.47. The summed E-state index contributed by atoms with van der Waals surface area (Å²) in [6, 6.07) is 3.43. The van der Waals surface area contributed by atoms with Crippen LogP contribution in [0.1, 0.15) is 20.3 Å². The van der Waals surface area contributed by atoms with Crippen molar-refractivity contribution < 1.29 is 13.2 Å². The van der Waals surface area contributed by atoms with Gasteiger partial charge in [0.2, 0.25) is 21.1 Å². The Morgan fingerprint density at radius 3 is 2.56 bits per heavy atom. The molecular weight excluding hydrogens is 451 g/mol. The molecule has 1 atom stereocenters. The van der Waals surface area contributed by atoms with E-state index in [1.165, 1.54) is 41.3 Å². The minimum absolute atomic E-state index is 0.198. The zero-order valence-electron chi connectivity index (χ0n) is 14.8. The van der Waals surface area contributed by atoms with E-state index in [4.69, 9.17) is 23.2 Å². The van der Waals surface area contributed by atoms with Crippen molar-refractivity contribution in [1.29, 1.82) is 0 Å². The summed E-state index contributed by atoms with van der Waals surface area (Å²) >= 11 is 14.7. The molecule has 1 aromatic carbocycles. The number of amides is 1. The van der Waals surface area contributed by atoms with Crippen LogP contribution in [-0.4, -0.2) is 42.6 Å². The number of thioether (sulfide) groups is 1. The predicted molar refractivity (Wildman–Crippen MR) is 113 cm³/mol. The largest absolute Gasteiger partial charge is 0.299 e. The molecule has 148 valence electrons. The van der Waals surface area contributed by atoms with E-state index in [1.807, 2.05) is 6.92 Å². The highest BCUT2D eigenvalue weighted by Gasteiger charge is 2.32. The van der Waals surface area contributed by atoms with Gasteiger partial charge in [-0.2, -0.15) is 0 Å². The number of nitrogens with zero attached hydrogens (tertiary/aromatic N) is 3. The second-order valence-electron chi connectivity index (χ2n) is 5.38. The van der Waals surface area contributed by atoms with Crippen molar-refractivity contribution in [3.63, 3.8) is 0 Å². The number of hydrogen-bond acceptors (Lipinski definition) is 7. The van der Waals surface area contributed by atoms with Crippen molar-refractivity contribution in [2.24, 2.45) is 0 Å². The molecule has 12 heteroatoms. The van der Waals surface area contributed by atoms with Gasteiger partial charge in [0.25, 0.3) is 0 Å². The molecule has 0 aliphatic carbocycles. The van der Waals surface area contributed by atoms with Crippen molar-refractivity contribution in [1.82, 2.24) is 10.2 Å². The zero-order chi connectivity index (χ0) is 20.2. The molecule has 1 amide bonds. The number of aromatic nitrogens is 2. The maximum absolute atomic E-state index is 12.8. The van der Waals surface area contributed by atoms with E-state index in [9.17, 15) is 13.2 Å². The number of rotatable bonds is 8. The minimum Gasteiger partial charge on any atom is -0.299 e. The molecule has 1 heterocycles. The van der Waals surface area contributed by atoms with Crippen molar-refractivity contribution in [2.75, 3.05) is 21.6 Å². The first-order valence-electron chi connectivity index (χ1n) is 7.89. The molecule has 0 aliphatic heterocycles. The number of halogens is 2. The van der Waals surface area contributed by atoms with Gasteiger partial charge in [0.05, 0.1) is 22.0 Å². The maximum Gasteiger partial charge on any atom is 0.250 e. The van der Waals surface area contributed by atoms with E-state index in [1.54, 1.807) is 6.92 Å². The van der Waals surface area contributed by atoms with Gasteiger partial charge in [-0.15, -0.1) is 10.2 Å². The van der Waals surface area contributed by atoms with Gasteiger partial charge in [-0.1, -0.05) is 60.1 Å². The van der Waals surface area contributed by atoms with Crippen LogP contribution in [0.25, 0.3) is 0 Å². The molecule has 0 aliphatic rings. The van der Waals surface area contributed by atoms with Gasteiger partial charge >= 0.3 is 0 Å². The lowest BCUT2D eigenvalue weighted by molar-refractivity contribution is -0.117. The summed E-state index contributed by atoms with van der Waals surface area (Å²) < 4.78 is 26.6. The summed E-state index contributed by atoms with van der Waals surface area (Å²) in [6.45, 7) is 3.71. The zero-order valence-corrected chi connectivity index (χ0v) is 18.7. The Morgan fingerprint density at radius 2 is 2.00 bits per heavy atom. The van der Waals surface area contributed by atoms with Gasteiger partial charge in [-0.25, -0.2) is 8.42 Å². The monoisotopic (exact) mass is 468 g/mol. The Bertz CT molecular complexity index is 921. The average Bonchev–Trinajstić information content (AvgIpc) is 3.01. The minimum atomic E-state index is -3.77. The van der Waals surface area contributed by atoms with E-state index in [-0.39, 0.29) is 17.1 Å². The summed E-state index contributed by atoms with van der Waals surface area (Å²) in [7, 11) is -3.77. The molecular formula is C15H18Cl2N4O3S3. The first-order chi connectivity index (χ1) is 12.7. The van der Waals surface area contributed by atoms with Gasteiger partial charge in [0.1, 0.15) is 6.04 Å². The molecule has 0 saturated carbocycles. The number of carbonyl (C=O) groups excluding carboxylic acids is 1. The summed E-state index contributed by atoms with van der Waals surface area (Å²) in [5, 5.41) is 11.3. The third-order valence-electron chi connectivity index (χ3n) is 3.39. The highest BCUT2D eigenvalue weighted by Crippen LogP contribution is 2.31. The summed E-state index contributed by atoms with van der Waals surface area (Å²) in [5.41, 5.74) is 0.258. The van der Waals surface area contributed by atoms with Crippen LogP contribution in [0, 0.1) is 0 Å². The van der Waals surface area contributed by atoms with E-state index in [0.717, 1.165) is 20.7 Å². The fourth-order valence-corrected chi connectivity index (χ4v) is 5.46. The van der Waals surface area contributed by atoms with Crippen LogP contribution < -0.4 is 9.62 Å². The van der Waals surface area contributed by atoms with Gasteiger partial charge in [0.15, 0.2) is 4.34 Å². The molecule has 0 fully saturated rings. The van der Waals surface area contributed by atoms with Crippen molar-refractivity contribution in [3.05, 3.63) is 28.2 Å². The Kier molecular flexibility index (Phi) is 7.75. The van der Waals surface area contributed by atoms with Crippen LogP contribution in [0.4, 0.5) is 10.8 Å². The van der Waals surface area contributed by atoms with Gasteiger partial charge in [-0.3, -0.25) is 14.4 Å². The van der Waals surface area contributed by atoms with Crippen LogP contribution >= 0.6 is 46.3 Å². The first kappa shape index (κ1) is 22.2. The summed E-state index contributed by atoms with van der Waals surface area (Å²) in [6.07, 6.45) is 1.28. The summed E-state index contributed by atoms with van der Waals surface area (Å²) in [4.78, 5) is 12.8. The molecule has 0 saturated heterocycles. The molecule has 7 nitrogen and oxygen atoms in total. The normalized spacial score (nSPS) is 12.6. The highest BCUT2D eigenvalue weighted by atomic mass is 35.5. The number of anilines is 2. The van der Waals surface area contributed by atoms with Crippen LogP contribution in [0.2, 0.25) is 10.0 Å². The summed E-state index contributed by atoms with van der Waals surface area (Å²) in [5.74, 6) is 0.331. The molecule has 1 aromatic heterocycles. The highest BCUT2D eigenvalue weighted by molar-refractivity contribution is 8.01. The lowest BCUT2D eigenvalue weighted by atomic mass is 10.2. The predicted octanol–water partition coefficient (Wildman–Crippen LogP) is 4.14. The van der Waals surface area contributed by atoms with Crippen LogP contribution in [0.3, 0.4) is 0 Å². The number of hydrogen-bond donors (Lipinski definition) is 1. The van der Waals surface area contributed by atoms with Crippen molar-refractivity contribution in [2.45, 2.75) is 30.6 Å². The fourth-order valence-electron chi connectivity index (χ4n) is 2.31. The molecule has 2 rings (SSSR count). The van der Waals surface area contributed by atoms with E-state index >= 15 is 0 Å². The third kappa shape index (κ3) is 5.71. The fraction of sp³-hybridized carbons (Fsp3) is 0.400. The molecule has 0 radical (unpaired) electrons. The second-order valence-corrected chi connectivity index (χ2v) is 10.5. The topological polar surface area (TPSA) is 92.3 Å². The average molecular weight is 469 g/mol. The van der Waals surface area contributed by atoms with E-state index in [0.29, 0.717) is 10.2 Å². The lowest BCUT2D eigenvalue weighted by Gasteiger charge is -2.30. The quantitative estimate of drug-likeness (QED) is 0.462. The van der Waals surface area contributed by atoms with E-state index < -0.39 is 22.0 Å². The standard InChI is InChI=1S/C15H18Cl2N4O3S3/c1-4-12(13(22)18-14-19-20-15(26-14)25-5-2)21(27(3,23)24)9-6-7-10(16)11(17)8-9/h6-8,12H,4-5H2,1-3H3,(H,18,19,22)/t12-/m0/s1. The van der Waals surface area contributed by atoms with Gasteiger partial charge in [0, 0.05) is 0 Å². The number of carbonyl (C=O) groups is 1. The first-order valence-corrected chi connectivity index (χ1v) is 12.3. The van der Waals surface area contributed by atoms with Crippen molar-refractivity contribution in [3.8, 4) is 0 Å². The van der Waals surface area contributed by atoms with Crippen LogP contribution in [0.5, 0.6) is 0 Å². The maximum atomic E-state index is 12.8. The van der Waals surface area contributed by atoms with Gasteiger partial charge < -0.3 is 0 Å². The third-order valence-corrected chi connectivity index (χ3v) is 7.16. The molecule has 0 spiro atoms.